The largest absolute Gasteiger partial charge is 0.392 e. The second kappa shape index (κ2) is 4.49. The van der Waals surface area contributed by atoms with Crippen molar-refractivity contribution in [2.24, 2.45) is 5.92 Å². The van der Waals surface area contributed by atoms with Crippen molar-refractivity contribution in [2.75, 3.05) is 19.6 Å². The first-order valence-corrected chi connectivity index (χ1v) is 4.56. The average Bonchev–Trinajstić information content (AvgIpc) is 1.99. The summed E-state index contributed by atoms with van der Waals surface area (Å²) in [5.41, 5.74) is 0. The normalized spacial score (nSPS) is 31.4. The number of β-amino-alcohol motifs (C(OH)–C–C–N with tert-alkyl or cyclic N) is 1. The van der Waals surface area contributed by atoms with Crippen LogP contribution < -0.4 is 0 Å². The predicted molar refractivity (Wildman–Crippen MR) is 49.7 cm³/mol. The summed E-state index contributed by atoms with van der Waals surface area (Å²) in [6.07, 6.45) is 6.76. The molecule has 0 unspecified atom stereocenters. The molecule has 1 rings (SSSR count). The van der Waals surface area contributed by atoms with Gasteiger partial charge in [-0.2, -0.15) is 0 Å². The standard InChI is InChI=1S/C10H17NO/c1-3-4-5-11-7-9(2)6-10(12)8-11/h1,9-10,12H,4-8H2,2H3/t9-,10+/m1/s1. The smallest absolute Gasteiger partial charge is 0.0670 e. The minimum atomic E-state index is -0.147. The lowest BCUT2D eigenvalue weighted by Crippen LogP contribution is -2.42. The van der Waals surface area contributed by atoms with Gasteiger partial charge in [-0.1, -0.05) is 6.92 Å². The molecule has 1 fully saturated rings. The van der Waals surface area contributed by atoms with Crippen LogP contribution in [0.15, 0.2) is 0 Å². The van der Waals surface area contributed by atoms with Crippen LogP contribution in [-0.2, 0) is 0 Å². The molecule has 0 bridgehead atoms. The van der Waals surface area contributed by atoms with Crippen LogP contribution in [0.2, 0.25) is 0 Å². The van der Waals surface area contributed by atoms with Crippen molar-refractivity contribution in [3.8, 4) is 12.3 Å². The molecule has 0 aliphatic carbocycles. The second-order valence-electron chi connectivity index (χ2n) is 3.71. The average molecular weight is 167 g/mol. The molecule has 0 saturated carbocycles. The molecule has 0 aromatic heterocycles. The summed E-state index contributed by atoms with van der Waals surface area (Å²) in [5.74, 6) is 3.22. The second-order valence-corrected chi connectivity index (χ2v) is 3.71. The highest BCUT2D eigenvalue weighted by molar-refractivity contribution is 4.86. The SMILES string of the molecule is C#CCCN1C[C@H](C)C[C@H](O)C1. The van der Waals surface area contributed by atoms with Crippen LogP contribution >= 0.6 is 0 Å². The molecule has 1 saturated heterocycles. The van der Waals surface area contributed by atoms with Gasteiger partial charge < -0.3 is 5.11 Å². The Bertz CT molecular complexity index is 163. The van der Waals surface area contributed by atoms with Crippen molar-refractivity contribution in [1.29, 1.82) is 0 Å². The maximum atomic E-state index is 9.46. The first-order valence-electron chi connectivity index (χ1n) is 4.56. The zero-order valence-electron chi connectivity index (χ0n) is 7.66. The molecule has 1 N–H and O–H groups in total. The molecular formula is C10H17NO. The lowest BCUT2D eigenvalue weighted by Gasteiger charge is -2.33. The van der Waals surface area contributed by atoms with Crippen molar-refractivity contribution in [3.63, 3.8) is 0 Å². The highest BCUT2D eigenvalue weighted by atomic mass is 16.3. The fourth-order valence-electron chi connectivity index (χ4n) is 1.83. The highest BCUT2D eigenvalue weighted by Gasteiger charge is 2.21. The van der Waals surface area contributed by atoms with E-state index in [1.54, 1.807) is 0 Å². The van der Waals surface area contributed by atoms with Crippen molar-refractivity contribution in [3.05, 3.63) is 0 Å². The molecule has 0 spiro atoms. The van der Waals surface area contributed by atoms with Crippen LogP contribution in [-0.4, -0.2) is 35.7 Å². The molecule has 0 aromatic carbocycles. The zero-order chi connectivity index (χ0) is 8.97. The van der Waals surface area contributed by atoms with Crippen LogP contribution in [0.5, 0.6) is 0 Å². The van der Waals surface area contributed by atoms with Crippen molar-refractivity contribution >= 4 is 0 Å². The van der Waals surface area contributed by atoms with Gasteiger partial charge in [-0.25, -0.2) is 0 Å². The van der Waals surface area contributed by atoms with Crippen molar-refractivity contribution in [1.82, 2.24) is 4.90 Å². The van der Waals surface area contributed by atoms with Gasteiger partial charge in [0.1, 0.15) is 0 Å². The molecule has 2 atom stereocenters. The minimum absolute atomic E-state index is 0.147. The molecule has 0 radical (unpaired) electrons. The summed E-state index contributed by atoms with van der Waals surface area (Å²) in [7, 11) is 0. The number of aliphatic hydroxyl groups is 1. The van der Waals surface area contributed by atoms with Gasteiger partial charge in [0.15, 0.2) is 0 Å². The topological polar surface area (TPSA) is 23.5 Å². The Morgan fingerprint density at radius 2 is 2.33 bits per heavy atom. The van der Waals surface area contributed by atoms with Crippen molar-refractivity contribution < 1.29 is 5.11 Å². The molecular weight excluding hydrogens is 150 g/mol. The maximum absolute atomic E-state index is 9.46. The zero-order valence-corrected chi connectivity index (χ0v) is 7.66. The summed E-state index contributed by atoms with van der Waals surface area (Å²) < 4.78 is 0. The number of aliphatic hydroxyl groups excluding tert-OH is 1. The number of nitrogens with zero attached hydrogens (tertiary/aromatic N) is 1. The fourth-order valence-corrected chi connectivity index (χ4v) is 1.83. The Morgan fingerprint density at radius 1 is 1.58 bits per heavy atom. The lowest BCUT2D eigenvalue weighted by molar-refractivity contribution is 0.0460. The van der Waals surface area contributed by atoms with Crippen LogP contribution in [0.25, 0.3) is 0 Å². The van der Waals surface area contributed by atoms with Gasteiger partial charge >= 0.3 is 0 Å². The monoisotopic (exact) mass is 167 g/mol. The number of terminal acetylenes is 1. The van der Waals surface area contributed by atoms with Crippen LogP contribution in [0, 0.1) is 18.3 Å². The number of likely N-dealkylation sites (tertiary alicyclic amines) is 1. The molecule has 1 heterocycles. The molecule has 68 valence electrons. The quantitative estimate of drug-likeness (QED) is 0.612. The number of hydrogen-bond donors (Lipinski definition) is 1. The third kappa shape index (κ3) is 2.84. The van der Waals surface area contributed by atoms with Gasteiger partial charge in [0.2, 0.25) is 0 Å². The maximum Gasteiger partial charge on any atom is 0.0670 e. The lowest BCUT2D eigenvalue weighted by atomic mass is 9.98. The van der Waals surface area contributed by atoms with E-state index in [0.29, 0.717) is 5.92 Å². The number of rotatable bonds is 2. The molecule has 2 heteroatoms. The van der Waals surface area contributed by atoms with Gasteiger partial charge in [-0.15, -0.1) is 12.3 Å². The molecule has 0 aromatic rings. The Labute approximate surface area is 74.6 Å². The first kappa shape index (κ1) is 9.57. The van der Waals surface area contributed by atoms with E-state index in [-0.39, 0.29) is 6.10 Å². The number of hydrogen-bond acceptors (Lipinski definition) is 2. The molecule has 2 nitrogen and oxygen atoms in total. The minimum Gasteiger partial charge on any atom is -0.392 e. The third-order valence-corrected chi connectivity index (χ3v) is 2.29. The van der Waals surface area contributed by atoms with E-state index in [1.807, 2.05) is 0 Å². The Morgan fingerprint density at radius 3 is 2.92 bits per heavy atom. The summed E-state index contributed by atoms with van der Waals surface area (Å²) in [6.45, 7) is 4.98. The van der Waals surface area contributed by atoms with Gasteiger partial charge in [-0.3, -0.25) is 4.90 Å². The van der Waals surface area contributed by atoms with E-state index < -0.39 is 0 Å². The van der Waals surface area contributed by atoms with E-state index in [1.165, 1.54) is 0 Å². The highest BCUT2D eigenvalue weighted by Crippen LogP contribution is 2.15. The molecule has 1 aliphatic heterocycles. The Kier molecular flexibility index (Phi) is 3.58. The number of piperidine rings is 1. The third-order valence-electron chi connectivity index (χ3n) is 2.29. The van der Waals surface area contributed by atoms with Gasteiger partial charge in [0, 0.05) is 26.1 Å². The van der Waals surface area contributed by atoms with Crippen LogP contribution in [0.1, 0.15) is 19.8 Å². The van der Waals surface area contributed by atoms with Gasteiger partial charge in [-0.05, 0) is 12.3 Å². The summed E-state index contributed by atoms with van der Waals surface area (Å²) in [5, 5.41) is 9.46. The van der Waals surface area contributed by atoms with E-state index in [2.05, 4.69) is 17.7 Å². The molecule has 1 aliphatic rings. The van der Waals surface area contributed by atoms with Crippen molar-refractivity contribution in [2.45, 2.75) is 25.9 Å². The molecule has 12 heavy (non-hydrogen) atoms. The van der Waals surface area contributed by atoms with Crippen LogP contribution in [0.3, 0.4) is 0 Å². The Hall–Kier alpha value is -0.520. The first-order chi connectivity index (χ1) is 5.72. The van der Waals surface area contributed by atoms with E-state index in [9.17, 15) is 5.11 Å². The van der Waals surface area contributed by atoms with Crippen LogP contribution in [0.4, 0.5) is 0 Å². The van der Waals surface area contributed by atoms with Gasteiger partial charge in [0.05, 0.1) is 6.10 Å². The van der Waals surface area contributed by atoms with E-state index in [0.717, 1.165) is 32.5 Å². The summed E-state index contributed by atoms with van der Waals surface area (Å²) in [6, 6.07) is 0. The fraction of sp³-hybridized carbons (Fsp3) is 0.800. The Balaban J connectivity index is 2.30. The summed E-state index contributed by atoms with van der Waals surface area (Å²) in [4.78, 5) is 2.25. The predicted octanol–water partition coefficient (Wildman–Crippen LogP) is 0.712. The van der Waals surface area contributed by atoms with Gasteiger partial charge in [0.25, 0.3) is 0 Å². The molecule has 0 amide bonds. The van der Waals surface area contributed by atoms with E-state index >= 15 is 0 Å². The van der Waals surface area contributed by atoms with E-state index in [4.69, 9.17) is 6.42 Å². The summed E-state index contributed by atoms with van der Waals surface area (Å²) >= 11 is 0.